The quantitative estimate of drug-likeness (QED) is 0.797. The van der Waals surface area contributed by atoms with Crippen LogP contribution in [0.15, 0.2) is 18.2 Å². The SMILES string of the molecule is NOCc1cc(Cl)ccc1OC(F)F. The molecule has 3 nitrogen and oxygen atoms in total. The van der Waals surface area contributed by atoms with Crippen LogP contribution in [0.5, 0.6) is 5.75 Å². The third-order valence-electron chi connectivity index (χ3n) is 1.48. The Labute approximate surface area is 84.3 Å². The van der Waals surface area contributed by atoms with Crippen LogP contribution < -0.4 is 10.6 Å². The van der Waals surface area contributed by atoms with E-state index in [2.05, 4.69) is 9.57 Å². The lowest BCUT2D eigenvalue weighted by Crippen LogP contribution is -2.06. The minimum Gasteiger partial charge on any atom is -0.434 e. The first-order valence-corrected chi connectivity index (χ1v) is 4.06. The molecule has 1 aromatic carbocycles. The van der Waals surface area contributed by atoms with Crippen LogP contribution in [0.2, 0.25) is 5.02 Å². The molecule has 0 fully saturated rings. The van der Waals surface area contributed by atoms with Gasteiger partial charge in [0.2, 0.25) is 0 Å². The summed E-state index contributed by atoms with van der Waals surface area (Å²) in [5, 5.41) is 0.402. The molecule has 78 valence electrons. The van der Waals surface area contributed by atoms with Gasteiger partial charge in [-0.1, -0.05) is 11.6 Å². The van der Waals surface area contributed by atoms with Crippen molar-refractivity contribution in [3.05, 3.63) is 28.8 Å². The Balaban J connectivity index is 2.89. The molecule has 0 saturated carbocycles. The Morgan fingerprint density at radius 1 is 1.43 bits per heavy atom. The average Bonchev–Trinajstić information content (AvgIpc) is 2.09. The zero-order chi connectivity index (χ0) is 10.6. The molecular weight excluding hydrogens is 216 g/mol. The second kappa shape index (κ2) is 5.09. The molecule has 1 rings (SSSR count). The van der Waals surface area contributed by atoms with Crippen molar-refractivity contribution in [2.75, 3.05) is 0 Å². The largest absolute Gasteiger partial charge is 0.434 e. The van der Waals surface area contributed by atoms with E-state index in [0.717, 1.165) is 0 Å². The Morgan fingerprint density at radius 3 is 2.71 bits per heavy atom. The van der Waals surface area contributed by atoms with Gasteiger partial charge in [-0.2, -0.15) is 8.78 Å². The maximum atomic E-state index is 11.9. The summed E-state index contributed by atoms with van der Waals surface area (Å²) < 4.78 is 28.1. The maximum absolute atomic E-state index is 11.9. The van der Waals surface area contributed by atoms with Crippen molar-refractivity contribution in [3.8, 4) is 5.75 Å². The molecule has 0 amide bonds. The highest BCUT2D eigenvalue weighted by molar-refractivity contribution is 6.30. The van der Waals surface area contributed by atoms with Crippen LogP contribution in [0, 0.1) is 0 Å². The van der Waals surface area contributed by atoms with E-state index in [0.29, 0.717) is 10.6 Å². The molecule has 6 heteroatoms. The molecule has 0 saturated heterocycles. The van der Waals surface area contributed by atoms with Gasteiger partial charge in [0.15, 0.2) is 0 Å². The molecule has 1 aromatic rings. The van der Waals surface area contributed by atoms with Crippen LogP contribution in [0.1, 0.15) is 5.56 Å². The number of nitrogens with two attached hydrogens (primary N) is 1. The van der Waals surface area contributed by atoms with E-state index in [1.54, 1.807) is 0 Å². The number of alkyl halides is 2. The highest BCUT2D eigenvalue weighted by Gasteiger charge is 2.09. The van der Waals surface area contributed by atoms with Crippen LogP contribution in [0.25, 0.3) is 0 Å². The molecule has 0 atom stereocenters. The van der Waals surface area contributed by atoms with E-state index in [4.69, 9.17) is 17.5 Å². The predicted molar refractivity (Wildman–Crippen MR) is 47.1 cm³/mol. The molecule has 0 aromatic heterocycles. The van der Waals surface area contributed by atoms with Gasteiger partial charge in [-0.25, -0.2) is 5.90 Å². The van der Waals surface area contributed by atoms with Gasteiger partial charge in [-0.15, -0.1) is 0 Å². The number of hydrogen-bond donors (Lipinski definition) is 1. The first-order chi connectivity index (χ1) is 6.63. The Morgan fingerprint density at radius 2 is 2.14 bits per heavy atom. The fourth-order valence-electron chi connectivity index (χ4n) is 0.962. The Hall–Kier alpha value is -0.910. The van der Waals surface area contributed by atoms with Crippen LogP contribution in [0.4, 0.5) is 8.78 Å². The molecule has 0 aliphatic rings. The fourth-order valence-corrected chi connectivity index (χ4v) is 1.16. The highest BCUT2D eigenvalue weighted by atomic mass is 35.5. The van der Waals surface area contributed by atoms with Gasteiger partial charge in [0.1, 0.15) is 5.75 Å². The van der Waals surface area contributed by atoms with E-state index in [1.165, 1.54) is 18.2 Å². The summed E-state index contributed by atoms with van der Waals surface area (Å²) in [5.41, 5.74) is 0.375. The minimum absolute atomic E-state index is 0.00912. The summed E-state index contributed by atoms with van der Waals surface area (Å²) in [6.07, 6.45) is 0. The molecule has 0 bridgehead atoms. The minimum atomic E-state index is -2.88. The van der Waals surface area contributed by atoms with Crippen LogP contribution in [-0.4, -0.2) is 6.61 Å². The van der Waals surface area contributed by atoms with E-state index in [9.17, 15) is 8.78 Å². The summed E-state index contributed by atoms with van der Waals surface area (Å²) in [6, 6.07) is 4.23. The summed E-state index contributed by atoms with van der Waals surface area (Å²) in [4.78, 5) is 4.32. The third kappa shape index (κ3) is 3.10. The number of halogens is 3. The lowest BCUT2D eigenvalue weighted by atomic mass is 10.2. The zero-order valence-electron chi connectivity index (χ0n) is 7.04. The summed E-state index contributed by atoms with van der Waals surface area (Å²) >= 11 is 5.65. The van der Waals surface area contributed by atoms with Gasteiger partial charge < -0.3 is 4.74 Å². The average molecular weight is 224 g/mol. The molecule has 0 radical (unpaired) electrons. The van der Waals surface area contributed by atoms with Crippen molar-refractivity contribution >= 4 is 11.6 Å². The van der Waals surface area contributed by atoms with Gasteiger partial charge in [0.05, 0.1) is 6.61 Å². The van der Waals surface area contributed by atoms with Crippen LogP contribution >= 0.6 is 11.6 Å². The second-order valence-corrected chi connectivity index (χ2v) is 2.88. The van der Waals surface area contributed by atoms with Crippen molar-refractivity contribution < 1.29 is 18.4 Å². The number of ether oxygens (including phenoxy) is 1. The maximum Gasteiger partial charge on any atom is 0.387 e. The molecule has 0 aliphatic heterocycles. The van der Waals surface area contributed by atoms with Crippen molar-refractivity contribution in [1.82, 2.24) is 0 Å². The molecular formula is C8H8ClF2NO2. The fraction of sp³-hybridized carbons (Fsp3) is 0.250. The van der Waals surface area contributed by atoms with E-state index in [1.807, 2.05) is 0 Å². The van der Waals surface area contributed by atoms with Crippen molar-refractivity contribution in [2.45, 2.75) is 13.2 Å². The lowest BCUT2D eigenvalue weighted by molar-refractivity contribution is -0.0514. The number of rotatable bonds is 4. The van der Waals surface area contributed by atoms with E-state index < -0.39 is 6.61 Å². The van der Waals surface area contributed by atoms with Gasteiger partial charge in [0, 0.05) is 10.6 Å². The Bertz CT molecular complexity index is 309. The van der Waals surface area contributed by atoms with E-state index >= 15 is 0 Å². The van der Waals surface area contributed by atoms with Gasteiger partial charge >= 0.3 is 6.61 Å². The molecule has 0 unspecified atom stereocenters. The lowest BCUT2D eigenvalue weighted by Gasteiger charge is -2.09. The van der Waals surface area contributed by atoms with E-state index in [-0.39, 0.29) is 12.4 Å². The Kier molecular flexibility index (Phi) is 4.06. The first kappa shape index (κ1) is 11.2. The number of benzene rings is 1. The topological polar surface area (TPSA) is 44.5 Å². The standard InChI is InChI=1S/C8H8ClF2NO2/c9-6-1-2-7(14-8(10)11)5(3-6)4-13-12/h1-3,8H,4,12H2. The van der Waals surface area contributed by atoms with Gasteiger partial charge in [0.25, 0.3) is 0 Å². The highest BCUT2D eigenvalue weighted by Crippen LogP contribution is 2.24. The van der Waals surface area contributed by atoms with Crippen LogP contribution in [-0.2, 0) is 11.4 Å². The smallest absolute Gasteiger partial charge is 0.387 e. The predicted octanol–water partition coefficient (Wildman–Crippen LogP) is 2.33. The summed E-state index contributed by atoms with van der Waals surface area (Å²) in [5.74, 6) is 4.83. The normalized spacial score (nSPS) is 10.6. The molecule has 0 spiro atoms. The van der Waals surface area contributed by atoms with Crippen molar-refractivity contribution in [3.63, 3.8) is 0 Å². The van der Waals surface area contributed by atoms with Gasteiger partial charge in [-0.05, 0) is 18.2 Å². The third-order valence-corrected chi connectivity index (χ3v) is 1.71. The van der Waals surface area contributed by atoms with Crippen LogP contribution in [0.3, 0.4) is 0 Å². The summed E-state index contributed by atoms with van der Waals surface area (Å²) in [6.45, 7) is -2.92. The van der Waals surface area contributed by atoms with Gasteiger partial charge in [-0.3, -0.25) is 4.84 Å². The zero-order valence-corrected chi connectivity index (χ0v) is 7.80. The monoisotopic (exact) mass is 223 g/mol. The number of hydrogen-bond acceptors (Lipinski definition) is 3. The molecule has 14 heavy (non-hydrogen) atoms. The second-order valence-electron chi connectivity index (χ2n) is 2.44. The molecule has 0 aliphatic carbocycles. The van der Waals surface area contributed by atoms with Crippen molar-refractivity contribution in [1.29, 1.82) is 0 Å². The molecule has 2 N–H and O–H groups in total. The molecule has 0 heterocycles. The van der Waals surface area contributed by atoms with Crippen molar-refractivity contribution in [2.24, 2.45) is 5.90 Å². The first-order valence-electron chi connectivity index (χ1n) is 3.68. The summed E-state index contributed by atoms with van der Waals surface area (Å²) in [7, 11) is 0.